The molecule has 0 amide bonds. The van der Waals surface area contributed by atoms with E-state index in [0.29, 0.717) is 16.6 Å². The Labute approximate surface area is 138 Å². The molecule has 0 bridgehead atoms. The lowest BCUT2D eigenvalue weighted by Gasteiger charge is -2.42. The largest absolute Gasteiger partial charge is 0.543 e. The third-order valence-corrected chi connectivity index (χ3v) is 10.5. The van der Waals surface area contributed by atoms with Gasteiger partial charge in [-0.1, -0.05) is 48.5 Å². The van der Waals surface area contributed by atoms with Crippen molar-refractivity contribution in [1.29, 1.82) is 0 Å². The lowest BCUT2D eigenvalue weighted by molar-refractivity contribution is 0.316. The lowest BCUT2D eigenvalue weighted by atomic mass is 10.2. The molecule has 0 atom stereocenters. The molecule has 0 N–H and O–H groups in total. The average molecular weight is 323 g/mol. The number of hydrogen-bond donors (Lipinski definition) is 0. The van der Waals surface area contributed by atoms with Crippen molar-refractivity contribution in [2.24, 2.45) is 0 Å². The maximum Gasteiger partial charge on any atom is 0.258 e. The van der Waals surface area contributed by atoms with Crippen molar-refractivity contribution in [3.05, 3.63) is 23.8 Å². The standard InChI is InChI=1S/C19H34O2Si/c1-9-10-20-18-11-17(8)12-19(13-18)21-22(14(2)3,15(4)5)16(6)7/h11-16H,9-10H2,1-8H3. The minimum absolute atomic E-state index is 0.577. The highest BCUT2D eigenvalue weighted by molar-refractivity contribution is 6.78. The molecule has 0 radical (unpaired) electrons. The third-order valence-electron chi connectivity index (χ3n) is 4.50. The van der Waals surface area contributed by atoms with E-state index in [-0.39, 0.29) is 0 Å². The summed E-state index contributed by atoms with van der Waals surface area (Å²) in [4.78, 5) is 0. The fourth-order valence-electron chi connectivity index (χ4n) is 3.63. The highest BCUT2D eigenvalue weighted by atomic mass is 28.4. The van der Waals surface area contributed by atoms with Gasteiger partial charge in [-0.3, -0.25) is 0 Å². The summed E-state index contributed by atoms with van der Waals surface area (Å²) < 4.78 is 12.6. The van der Waals surface area contributed by atoms with Gasteiger partial charge in [0.15, 0.2) is 0 Å². The van der Waals surface area contributed by atoms with Crippen molar-refractivity contribution in [1.82, 2.24) is 0 Å². The normalized spacial score (nSPS) is 12.3. The Bertz CT molecular complexity index is 445. The molecule has 2 nitrogen and oxygen atoms in total. The smallest absolute Gasteiger partial charge is 0.258 e. The van der Waals surface area contributed by atoms with Crippen LogP contribution in [-0.4, -0.2) is 14.9 Å². The number of ether oxygens (including phenoxy) is 1. The van der Waals surface area contributed by atoms with Gasteiger partial charge in [-0.25, -0.2) is 0 Å². The Morgan fingerprint density at radius 2 is 1.36 bits per heavy atom. The maximum atomic E-state index is 6.75. The quantitative estimate of drug-likeness (QED) is 0.520. The van der Waals surface area contributed by atoms with Gasteiger partial charge < -0.3 is 9.16 Å². The molecule has 0 aliphatic heterocycles. The highest BCUT2D eigenvalue weighted by Crippen LogP contribution is 2.43. The molecule has 0 fully saturated rings. The molecular weight excluding hydrogens is 288 g/mol. The second-order valence-corrected chi connectivity index (χ2v) is 12.6. The second kappa shape index (κ2) is 8.05. The van der Waals surface area contributed by atoms with Crippen LogP contribution in [0.25, 0.3) is 0 Å². The Morgan fingerprint density at radius 3 is 1.82 bits per heavy atom. The predicted octanol–water partition coefficient (Wildman–Crippen LogP) is 6.34. The van der Waals surface area contributed by atoms with Gasteiger partial charge in [-0.2, -0.15) is 0 Å². The number of hydrogen-bond acceptors (Lipinski definition) is 2. The Balaban J connectivity index is 3.15. The summed E-state index contributed by atoms with van der Waals surface area (Å²) in [7, 11) is -1.90. The minimum Gasteiger partial charge on any atom is -0.543 e. The lowest BCUT2D eigenvalue weighted by Crippen LogP contribution is -2.50. The molecule has 126 valence electrons. The van der Waals surface area contributed by atoms with E-state index in [9.17, 15) is 0 Å². The van der Waals surface area contributed by atoms with Crippen molar-refractivity contribution in [3.63, 3.8) is 0 Å². The van der Waals surface area contributed by atoms with E-state index in [2.05, 4.69) is 73.6 Å². The van der Waals surface area contributed by atoms with Crippen LogP contribution in [0, 0.1) is 6.92 Å². The van der Waals surface area contributed by atoms with Gasteiger partial charge in [0.1, 0.15) is 11.5 Å². The Hall–Kier alpha value is -0.963. The monoisotopic (exact) mass is 322 g/mol. The molecular formula is C19H34O2Si. The van der Waals surface area contributed by atoms with E-state index in [1.165, 1.54) is 5.56 Å². The fraction of sp³-hybridized carbons (Fsp3) is 0.684. The van der Waals surface area contributed by atoms with Crippen LogP contribution in [0.1, 0.15) is 60.5 Å². The van der Waals surface area contributed by atoms with Crippen LogP contribution in [0.15, 0.2) is 18.2 Å². The molecule has 1 aromatic carbocycles. The van der Waals surface area contributed by atoms with Crippen LogP contribution < -0.4 is 9.16 Å². The SMILES string of the molecule is CCCOc1cc(C)cc(O[Si](C(C)C)(C(C)C)C(C)C)c1. The molecule has 0 aliphatic rings. The van der Waals surface area contributed by atoms with Gasteiger partial charge in [0.25, 0.3) is 8.32 Å². The first-order valence-electron chi connectivity index (χ1n) is 8.67. The molecule has 3 heteroatoms. The van der Waals surface area contributed by atoms with Crippen LogP contribution in [0.2, 0.25) is 16.6 Å². The second-order valence-electron chi connectivity index (χ2n) is 7.25. The van der Waals surface area contributed by atoms with Crippen LogP contribution in [0.5, 0.6) is 11.5 Å². The van der Waals surface area contributed by atoms with Gasteiger partial charge in [0, 0.05) is 6.07 Å². The Kier molecular flexibility index (Phi) is 6.98. The highest BCUT2D eigenvalue weighted by Gasteiger charge is 2.47. The van der Waals surface area contributed by atoms with Crippen molar-refractivity contribution in [2.75, 3.05) is 6.61 Å². The van der Waals surface area contributed by atoms with E-state index >= 15 is 0 Å². The molecule has 0 unspecified atom stereocenters. The van der Waals surface area contributed by atoms with Gasteiger partial charge in [0.05, 0.1) is 6.61 Å². The first-order chi connectivity index (χ1) is 10.2. The van der Waals surface area contributed by atoms with Crippen LogP contribution >= 0.6 is 0 Å². The van der Waals surface area contributed by atoms with Crippen LogP contribution in [-0.2, 0) is 0 Å². The van der Waals surface area contributed by atoms with Gasteiger partial charge in [0.2, 0.25) is 0 Å². The van der Waals surface area contributed by atoms with E-state index in [0.717, 1.165) is 24.5 Å². The molecule has 1 aromatic rings. The number of aryl methyl sites for hydroxylation is 1. The van der Waals surface area contributed by atoms with Gasteiger partial charge in [-0.15, -0.1) is 0 Å². The molecule has 0 spiro atoms. The molecule has 22 heavy (non-hydrogen) atoms. The van der Waals surface area contributed by atoms with E-state index in [1.54, 1.807) is 0 Å². The zero-order chi connectivity index (χ0) is 16.9. The zero-order valence-corrected chi connectivity index (χ0v) is 16.7. The van der Waals surface area contributed by atoms with Crippen LogP contribution in [0.4, 0.5) is 0 Å². The fourth-order valence-corrected chi connectivity index (χ4v) is 8.87. The first kappa shape index (κ1) is 19.1. The summed E-state index contributed by atoms with van der Waals surface area (Å²) >= 11 is 0. The maximum absolute atomic E-state index is 6.75. The number of benzene rings is 1. The summed E-state index contributed by atoms with van der Waals surface area (Å²) in [5.74, 6) is 1.91. The van der Waals surface area contributed by atoms with Gasteiger partial charge in [-0.05, 0) is 47.7 Å². The van der Waals surface area contributed by atoms with Crippen molar-refractivity contribution < 1.29 is 9.16 Å². The molecule has 0 saturated carbocycles. The Morgan fingerprint density at radius 1 is 0.864 bits per heavy atom. The molecule has 0 saturated heterocycles. The van der Waals surface area contributed by atoms with Crippen molar-refractivity contribution >= 4 is 8.32 Å². The van der Waals surface area contributed by atoms with E-state index in [1.807, 2.05) is 0 Å². The number of rotatable bonds is 8. The predicted molar refractivity (Wildman–Crippen MR) is 98.6 cm³/mol. The first-order valence-corrected chi connectivity index (χ1v) is 10.8. The topological polar surface area (TPSA) is 18.5 Å². The third kappa shape index (κ3) is 4.28. The van der Waals surface area contributed by atoms with Gasteiger partial charge >= 0.3 is 0 Å². The summed E-state index contributed by atoms with van der Waals surface area (Å²) in [5.41, 5.74) is 2.93. The van der Waals surface area contributed by atoms with Crippen LogP contribution in [0.3, 0.4) is 0 Å². The summed E-state index contributed by atoms with van der Waals surface area (Å²) in [6.07, 6.45) is 1.02. The molecule has 0 aliphatic carbocycles. The zero-order valence-electron chi connectivity index (χ0n) is 15.7. The minimum atomic E-state index is -1.90. The average Bonchev–Trinajstić information content (AvgIpc) is 2.40. The van der Waals surface area contributed by atoms with Crippen molar-refractivity contribution in [2.45, 2.75) is 78.4 Å². The van der Waals surface area contributed by atoms with E-state index in [4.69, 9.17) is 9.16 Å². The van der Waals surface area contributed by atoms with Crippen molar-refractivity contribution in [3.8, 4) is 11.5 Å². The molecule has 0 heterocycles. The molecule has 1 rings (SSSR count). The summed E-state index contributed by atoms with van der Waals surface area (Å²) in [6, 6.07) is 6.30. The summed E-state index contributed by atoms with van der Waals surface area (Å²) in [5, 5.41) is 0. The molecule has 0 aromatic heterocycles. The summed E-state index contributed by atoms with van der Waals surface area (Å²) in [6.45, 7) is 18.9. The van der Waals surface area contributed by atoms with E-state index < -0.39 is 8.32 Å².